The lowest BCUT2D eigenvalue weighted by Crippen LogP contribution is -2.37. The second kappa shape index (κ2) is 45.8. The number of carbonyl (C=O) groups excluding carboxylic acids is 2. The Kier molecular flexibility index (Phi) is 42.7. The Morgan fingerprint density at radius 1 is 0.470 bits per heavy atom. The summed E-state index contributed by atoms with van der Waals surface area (Å²) < 4.78 is 33.8. The number of ether oxygens (including phenoxy) is 2. The van der Waals surface area contributed by atoms with Crippen molar-refractivity contribution in [2.45, 2.75) is 136 Å². The summed E-state index contributed by atoms with van der Waals surface area (Å²) in [5.41, 5.74) is 0. The first-order valence-corrected chi connectivity index (χ1v) is 25.7. The third-order valence-electron chi connectivity index (χ3n) is 9.06. The molecule has 0 N–H and O–H groups in total. The number of unbranched alkanes of at least 4 members (excludes halogenated alkanes) is 1. The maximum atomic E-state index is 12.7. The van der Waals surface area contributed by atoms with Crippen molar-refractivity contribution in [2.24, 2.45) is 0 Å². The second-order valence-corrected chi connectivity index (χ2v) is 17.8. The van der Waals surface area contributed by atoms with Crippen LogP contribution < -0.4 is 4.89 Å². The van der Waals surface area contributed by atoms with Crippen LogP contribution in [0.2, 0.25) is 0 Å². The molecule has 0 aliphatic carbocycles. The van der Waals surface area contributed by atoms with Crippen molar-refractivity contribution in [2.75, 3.05) is 47.5 Å². The molecule has 0 rings (SSSR count). The highest BCUT2D eigenvalue weighted by atomic mass is 31.2. The molecule has 0 saturated heterocycles. The molecular weight excluding hydrogens is 846 g/mol. The van der Waals surface area contributed by atoms with Crippen LogP contribution in [0.3, 0.4) is 0 Å². The van der Waals surface area contributed by atoms with Crippen molar-refractivity contribution in [1.29, 1.82) is 0 Å². The number of nitrogens with zero attached hydrogens (tertiary/aromatic N) is 1. The topological polar surface area (TPSA) is 111 Å². The molecule has 0 heterocycles. The molecule has 0 aliphatic rings. The SMILES string of the molecule is CC/C=C\C/C=C\C/C=C\C/C=C\C/C=C\C/C=C\C/C=C\CCCC(=O)OC(COC(=O)CC/C=C\C/C=C\C/C=C\C/C=C\C/C=C\C/C=C\CC)COP(=O)([O-])OCC[N+](C)(C)C. The number of allylic oxidation sites excluding steroid dienone is 26. The van der Waals surface area contributed by atoms with E-state index in [1.54, 1.807) is 0 Å². The average molecular weight is 932 g/mol. The second-order valence-electron chi connectivity index (χ2n) is 16.4. The molecule has 0 radical (unpaired) electrons. The van der Waals surface area contributed by atoms with Gasteiger partial charge >= 0.3 is 11.9 Å². The Balaban J connectivity index is 4.57. The highest BCUT2D eigenvalue weighted by molar-refractivity contribution is 7.45. The normalized spacial score (nSPS) is 14.8. The van der Waals surface area contributed by atoms with Crippen LogP contribution in [0.15, 0.2) is 158 Å². The van der Waals surface area contributed by atoms with Crippen molar-refractivity contribution < 1.29 is 42.1 Å². The predicted octanol–water partition coefficient (Wildman–Crippen LogP) is 13.9. The van der Waals surface area contributed by atoms with E-state index in [0.29, 0.717) is 30.3 Å². The molecule has 0 saturated carbocycles. The van der Waals surface area contributed by atoms with Crippen LogP contribution in [0, 0.1) is 0 Å². The molecule has 2 atom stereocenters. The predicted molar refractivity (Wildman–Crippen MR) is 277 cm³/mol. The maximum absolute atomic E-state index is 12.7. The highest BCUT2D eigenvalue weighted by Crippen LogP contribution is 2.38. The molecule has 9 nitrogen and oxygen atoms in total. The minimum Gasteiger partial charge on any atom is -0.756 e. The fraction of sp³-hybridized carbons (Fsp3) is 0.500. The standard InChI is InChI=1S/C56H86NO8P/c1-6-8-10-12-14-16-18-20-22-24-26-27-28-29-31-33-35-37-39-41-43-45-47-49-56(59)65-54(53-64-66(60,61)63-51-50-57(3,4)5)52-62-55(58)48-46-44-42-40-38-36-34-32-30-25-23-21-19-17-15-13-11-9-7-2/h8-11,14-17,20-23,26-27,29-32,35-38,41-44,54H,6-7,12-13,18-19,24-25,28,33-34,39-40,45-53H2,1-5H3/b10-8-,11-9-,16-14-,17-15-,22-20-,23-21-,27-26-,31-29-,32-30-,37-35-,38-36-,43-41-,44-42-. The number of likely N-dealkylation sites (N-methyl/N-ethyl adjacent to an activating group) is 1. The van der Waals surface area contributed by atoms with Crippen LogP contribution in [0.1, 0.15) is 129 Å². The number of hydrogen-bond acceptors (Lipinski definition) is 8. The molecule has 0 aliphatic heterocycles. The van der Waals surface area contributed by atoms with Crippen LogP contribution in [0.4, 0.5) is 0 Å². The van der Waals surface area contributed by atoms with E-state index < -0.39 is 32.5 Å². The Morgan fingerprint density at radius 3 is 1.18 bits per heavy atom. The number of rotatable bonds is 41. The van der Waals surface area contributed by atoms with Crippen molar-refractivity contribution in [3.05, 3.63) is 158 Å². The third kappa shape index (κ3) is 49.1. The van der Waals surface area contributed by atoms with Crippen LogP contribution in [0.5, 0.6) is 0 Å². The summed E-state index contributed by atoms with van der Waals surface area (Å²) in [5, 5.41) is 0. The van der Waals surface area contributed by atoms with Gasteiger partial charge in [0.15, 0.2) is 6.10 Å². The van der Waals surface area contributed by atoms with E-state index >= 15 is 0 Å². The lowest BCUT2D eigenvalue weighted by molar-refractivity contribution is -0.870. The molecule has 66 heavy (non-hydrogen) atoms. The zero-order valence-electron chi connectivity index (χ0n) is 41.3. The Bertz CT molecular complexity index is 1670. The summed E-state index contributed by atoms with van der Waals surface area (Å²) in [6.07, 6.45) is 68.7. The Hall–Kier alpha value is -4.37. The molecule has 0 spiro atoms. The molecule has 0 fully saturated rings. The van der Waals surface area contributed by atoms with Gasteiger partial charge in [-0.25, -0.2) is 0 Å². The first-order chi connectivity index (χ1) is 32.0. The summed E-state index contributed by atoms with van der Waals surface area (Å²) in [5.74, 6) is -1.02. The quantitative estimate of drug-likeness (QED) is 0.0196. The minimum absolute atomic E-state index is 0.0636. The van der Waals surface area contributed by atoms with Crippen LogP contribution >= 0.6 is 7.82 Å². The first kappa shape index (κ1) is 61.6. The molecule has 0 amide bonds. The molecule has 0 aromatic rings. The van der Waals surface area contributed by atoms with Gasteiger partial charge in [-0.2, -0.15) is 0 Å². The molecule has 0 aromatic heterocycles. The summed E-state index contributed by atoms with van der Waals surface area (Å²) in [6, 6.07) is 0. The largest absolute Gasteiger partial charge is 0.756 e. The molecule has 2 unspecified atom stereocenters. The van der Waals surface area contributed by atoms with Gasteiger partial charge in [0.1, 0.15) is 19.8 Å². The van der Waals surface area contributed by atoms with Crippen molar-refractivity contribution >= 4 is 19.8 Å². The van der Waals surface area contributed by atoms with Gasteiger partial charge < -0.3 is 27.9 Å². The van der Waals surface area contributed by atoms with E-state index in [1.165, 1.54) is 0 Å². The number of esters is 2. The average Bonchev–Trinajstić information content (AvgIpc) is 3.27. The van der Waals surface area contributed by atoms with Crippen LogP contribution in [0.25, 0.3) is 0 Å². The summed E-state index contributed by atoms with van der Waals surface area (Å²) in [7, 11) is 1.06. The summed E-state index contributed by atoms with van der Waals surface area (Å²) in [4.78, 5) is 37.6. The smallest absolute Gasteiger partial charge is 0.306 e. The summed E-state index contributed by atoms with van der Waals surface area (Å²) >= 11 is 0. The molecule has 368 valence electrons. The van der Waals surface area contributed by atoms with E-state index in [2.05, 4.69) is 154 Å². The van der Waals surface area contributed by atoms with E-state index in [1.807, 2.05) is 39.4 Å². The van der Waals surface area contributed by atoms with E-state index in [0.717, 1.165) is 83.5 Å². The monoisotopic (exact) mass is 932 g/mol. The number of hydrogen-bond donors (Lipinski definition) is 0. The molecule has 10 heteroatoms. The Morgan fingerprint density at radius 2 is 0.818 bits per heavy atom. The third-order valence-corrected chi connectivity index (χ3v) is 10.0. The highest BCUT2D eigenvalue weighted by Gasteiger charge is 2.21. The van der Waals surface area contributed by atoms with E-state index in [-0.39, 0.29) is 26.1 Å². The van der Waals surface area contributed by atoms with Gasteiger partial charge in [-0.05, 0) is 103 Å². The lowest BCUT2D eigenvalue weighted by Gasteiger charge is -2.28. The van der Waals surface area contributed by atoms with E-state index in [4.69, 9.17) is 18.5 Å². The fourth-order valence-electron chi connectivity index (χ4n) is 5.37. The number of carbonyl (C=O) groups is 2. The van der Waals surface area contributed by atoms with Crippen molar-refractivity contribution in [1.82, 2.24) is 0 Å². The zero-order valence-corrected chi connectivity index (χ0v) is 42.2. The van der Waals surface area contributed by atoms with Crippen LogP contribution in [-0.2, 0) is 32.7 Å². The number of phosphoric acid groups is 1. The zero-order chi connectivity index (χ0) is 48.5. The number of phosphoric ester groups is 1. The Labute approximate surface area is 401 Å². The van der Waals surface area contributed by atoms with Crippen LogP contribution in [-0.4, -0.2) is 70.0 Å². The van der Waals surface area contributed by atoms with Gasteiger partial charge in [0.2, 0.25) is 0 Å². The van der Waals surface area contributed by atoms with Gasteiger partial charge in [0, 0.05) is 12.8 Å². The van der Waals surface area contributed by atoms with Gasteiger partial charge in [0.05, 0.1) is 27.7 Å². The number of quaternary nitrogens is 1. The molecule has 0 aromatic carbocycles. The lowest BCUT2D eigenvalue weighted by atomic mass is 10.2. The summed E-state index contributed by atoms with van der Waals surface area (Å²) in [6.45, 7) is 3.80. The van der Waals surface area contributed by atoms with Gasteiger partial charge in [0.25, 0.3) is 7.82 Å². The van der Waals surface area contributed by atoms with E-state index in [9.17, 15) is 19.0 Å². The van der Waals surface area contributed by atoms with Crippen molar-refractivity contribution in [3.8, 4) is 0 Å². The van der Waals surface area contributed by atoms with Gasteiger partial charge in [-0.3, -0.25) is 14.2 Å². The van der Waals surface area contributed by atoms with Gasteiger partial charge in [-0.15, -0.1) is 0 Å². The van der Waals surface area contributed by atoms with Gasteiger partial charge in [-0.1, -0.05) is 172 Å². The first-order valence-electron chi connectivity index (χ1n) is 24.2. The fourth-order valence-corrected chi connectivity index (χ4v) is 6.10. The van der Waals surface area contributed by atoms with Crippen molar-refractivity contribution in [3.63, 3.8) is 0 Å². The maximum Gasteiger partial charge on any atom is 0.306 e. The minimum atomic E-state index is -4.68. The molecule has 0 bridgehead atoms. The molecular formula is C56H86NO8P.